The maximum absolute atomic E-state index is 12.7. The molecule has 6 nitrogen and oxygen atoms in total. The van der Waals surface area contributed by atoms with Crippen molar-refractivity contribution in [2.75, 3.05) is 0 Å². The summed E-state index contributed by atoms with van der Waals surface area (Å²) in [5.74, 6) is -0.913. The van der Waals surface area contributed by atoms with E-state index in [1.54, 1.807) is 16.7 Å². The molecular weight excluding hydrogens is 334 g/mol. The molecule has 0 saturated heterocycles. The summed E-state index contributed by atoms with van der Waals surface area (Å²) in [6, 6.07) is 0. The average Bonchev–Trinajstić information content (AvgIpc) is 3.05. The van der Waals surface area contributed by atoms with E-state index in [9.17, 15) is 9.59 Å². The molecule has 120 valence electrons. The summed E-state index contributed by atoms with van der Waals surface area (Å²) in [6.07, 6.45) is 2.23. The van der Waals surface area contributed by atoms with E-state index in [1.807, 2.05) is 13.8 Å². The number of carboxylic acids is 1. The molecule has 3 aromatic rings. The molecule has 0 amide bonds. The number of aromatic nitrogens is 3. The second kappa shape index (κ2) is 6.21. The summed E-state index contributed by atoms with van der Waals surface area (Å²) in [4.78, 5) is 34.0. The summed E-state index contributed by atoms with van der Waals surface area (Å²) < 4.78 is 1.54. The van der Waals surface area contributed by atoms with Crippen LogP contribution in [0.25, 0.3) is 10.2 Å². The number of aryl methyl sites for hydroxylation is 2. The fourth-order valence-corrected chi connectivity index (χ4v) is 4.40. The molecule has 0 saturated carbocycles. The molecule has 3 rings (SSSR count). The topological polar surface area (TPSA) is 85.1 Å². The average molecular weight is 349 g/mol. The van der Waals surface area contributed by atoms with Gasteiger partial charge < -0.3 is 5.11 Å². The van der Waals surface area contributed by atoms with E-state index < -0.39 is 5.97 Å². The Hall–Kier alpha value is -2.06. The molecule has 0 radical (unpaired) electrons. The first-order chi connectivity index (χ1) is 11.0. The van der Waals surface area contributed by atoms with Crippen LogP contribution in [-0.4, -0.2) is 25.6 Å². The van der Waals surface area contributed by atoms with Crippen molar-refractivity contribution in [3.63, 3.8) is 0 Å². The molecule has 0 atom stereocenters. The van der Waals surface area contributed by atoms with Gasteiger partial charge in [0.2, 0.25) is 0 Å². The summed E-state index contributed by atoms with van der Waals surface area (Å²) in [7, 11) is 0. The van der Waals surface area contributed by atoms with Crippen LogP contribution in [-0.2, 0) is 24.2 Å². The Morgan fingerprint density at radius 1 is 1.43 bits per heavy atom. The van der Waals surface area contributed by atoms with E-state index >= 15 is 0 Å². The van der Waals surface area contributed by atoms with Crippen molar-refractivity contribution in [1.82, 2.24) is 14.5 Å². The smallest absolute Gasteiger partial charge is 0.309 e. The van der Waals surface area contributed by atoms with Gasteiger partial charge in [-0.3, -0.25) is 14.2 Å². The molecule has 8 heteroatoms. The van der Waals surface area contributed by atoms with Gasteiger partial charge in [0.25, 0.3) is 5.56 Å². The highest BCUT2D eigenvalue weighted by atomic mass is 32.1. The summed E-state index contributed by atoms with van der Waals surface area (Å²) in [5, 5.41) is 11.9. The molecule has 1 N–H and O–H groups in total. The summed E-state index contributed by atoms with van der Waals surface area (Å²) in [6.45, 7) is 4.35. The van der Waals surface area contributed by atoms with Crippen molar-refractivity contribution < 1.29 is 9.90 Å². The molecule has 0 aliphatic rings. The van der Waals surface area contributed by atoms with Crippen molar-refractivity contribution in [2.45, 2.75) is 33.2 Å². The van der Waals surface area contributed by atoms with Gasteiger partial charge in [-0.05, 0) is 18.9 Å². The highest BCUT2D eigenvalue weighted by Crippen LogP contribution is 2.27. The number of fused-ring (bicyclic) bond motifs is 1. The van der Waals surface area contributed by atoms with Gasteiger partial charge in [-0.25, -0.2) is 9.97 Å². The van der Waals surface area contributed by atoms with Gasteiger partial charge in [0, 0.05) is 10.3 Å². The Morgan fingerprint density at radius 2 is 2.22 bits per heavy atom. The van der Waals surface area contributed by atoms with Crippen LogP contribution in [0, 0.1) is 6.92 Å². The highest BCUT2D eigenvalue weighted by Gasteiger charge is 2.15. The molecule has 0 aromatic carbocycles. The molecule has 23 heavy (non-hydrogen) atoms. The lowest BCUT2D eigenvalue weighted by Crippen LogP contribution is -2.21. The number of carboxylic acid groups (broad SMARTS) is 1. The lowest BCUT2D eigenvalue weighted by atomic mass is 10.1. The maximum Gasteiger partial charge on any atom is 0.309 e. The van der Waals surface area contributed by atoms with Crippen LogP contribution in [0.2, 0.25) is 0 Å². The van der Waals surface area contributed by atoms with Crippen LogP contribution in [0.15, 0.2) is 16.5 Å². The Morgan fingerprint density at radius 3 is 2.91 bits per heavy atom. The molecule has 0 aliphatic carbocycles. The predicted octanol–water partition coefficient (Wildman–Crippen LogP) is 2.46. The number of thiazole rings is 1. The zero-order valence-corrected chi connectivity index (χ0v) is 14.3. The Kier molecular flexibility index (Phi) is 4.27. The molecule has 0 bridgehead atoms. The van der Waals surface area contributed by atoms with E-state index in [1.165, 1.54) is 22.2 Å². The zero-order chi connectivity index (χ0) is 16.6. The van der Waals surface area contributed by atoms with Crippen LogP contribution < -0.4 is 5.56 Å². The second-order valence-corrected chi connectivity index (χ2v) is 7.30. The van der Waals surface area contributed by atoms with Gasteiger partial charge in [-0.15, -0.1) is 22.7 Å². The fourth-order valence-electron chi connectivity index (χ4n) is 2.53. The first-order valence-corrected chi connectivity index (χ1v) is 8.81. The second-order valence-electron chi connectivity index (χ2n) is 5.15. The Balaban J connectivity index is 1.97. The van der Waals surface area contributed by atoms with E-state index in [0.717, 1.165) is 21.7 Å². The molecule has 0 fully saturated rings. The van der Waals surface area contributed by atoms with Crippen molar-refractivity contribution in [2.24, 2.45) is 0 Å². The molecular formula is C15H15N3O3S2. The number of aliphatic carboxylic acids is 1. The van der Waals surface area contributed by atoms with Gasteiger partial charge in [-0.1, -0.05) is 6.92 Å². The first kappa shape index (κ1) is 15.8. The van der Waals surface area contributed by atoms with Gasteiger partial charge in [0.15, 0.2) is 0 Å². The Labute approximate surface area is 140 Å². The van der Waals surface area contributed by atoms with Crippen LogP contribution >= 0.6 is 22.7 Å². The quantitative estimate of drug-likeness (QED) is 0.765. The number of nitrogens with zero attached hydrogens (tertiary/aromatic N) is 3. The number of hydrogen-bond donors (Lipinski definition) is 1. The van der Waals surface area contributed by atoms with Crippen LogP contribution in [0.1, 0.15) is 28.1 Å². The minimum Gasteiger partial charge on any atom is -0.481 e. The zero-order valence-electron chi connectivity index (χ0n) is 12.7. The molecule has 3 aromatic heterocycles. The molecule has 0 spiro atoms. The summed E-state index contributed by atoms with van der Waals surface area (Å²) >= 11 is 2.90. The van der Waals surface area contributed by atoms with Gasteiger partial charge in [-0.2, -0.15) is 0 Å². The van der Waals surface area contributed by atoms with Crippen molar-refractivity contribution in [1.29, 1.82) is 0 Å². The third kappa shape index (κ3) is 3.04. The largest absolute Gasteiger partial charge is 0.481 e. The number of rotatable bonds is 5. The minimum absolute atomic E-state index is 0.0637. The monoisotopic (exact) mass is 349 g/mol. The first-order valence-electron chi connectivity index (χ1n) is 7.12. The fraction of sp³-hybridized carbons (Fsp3) is 0.333. The minimum atomic E-state index is -0.913. The van der Waals surface area contributed by atoms with Crippen LogP contribution in [0.3, 0.4) is 0 Å². The predicted molar refractivity (Wildman–Crippen MR) is 90.6 cm³/mol. The van der Waals surface area contributed by atoms with E-state index in [4.69, 9.17) is 5.11 Å². The van der Waals surface area contributed by atoms with Crippen molar-refractivity contribution in [3.05, 3.63) is 43.2 Å². The normalized spacial score (nSPS) is 11.2. The third-order valence-corrected chi connectivity index (χ3v) is 5.51. The highest BCUT2D eigenvalue weighted by molar-refractivity contribution is 7.18. The third-order valence-electron chi connectivity index (χ3n) is 3.57. The van der Waals surface area contributed by atoms with Crippen LogP contribution in [0.5, 0.6) is 0 Å². The van der Waals surface area contributed by atoms with Crippen LogP contribution in [0.4, 0.5) is 0 Å². The number of carbonyl (C=O) groups is 1. The van der Waals surface area contributed by atoms with Gasteiger partial charge in [0.05, 0.1) is 30.4 Å². The van der Waals surface area contributed by atoms with Gasteiger partial charge in [0.1, 0.15) is 9.84 Å². The van der Waals surface area contributed by atoms with Gasteiger partial charge >= 0.3 is 5.97 Å². The maximum atomic E-state index is 12.7. The van der Waals surface area contributed by atoms with E-state index in [-0.39, 0.29) is 12.0 Å². The molecule has 3 heterocycles. The van der Waals surface area contributed by atoms with E-state index in [0.29, 0.717) is 22.6 Å². The SMILES string of the molecule is CCc1c(C)sc2ncn(Cc3nc(CC(=O)O)cs3)c(=O)c12. The Bertz CT molecular complexity index is 939. The number of thiophene rings is 1. The lowest BCUT2D eigenvalue weighted by molar-refractivity contribution is -0.136. The van der Waals surface area contributed by atoms with Crippen molar-refractivity contribution >= 4 is 38.9 Å². The summed E-state index contributed by atoms with van der Waals surface area (Å²) in [5.41, 5.74) is 1.51. The lowest BCUT2D eigenvalue weighted by Gasteiger charge is -2.03. The number of hydrogen-bond acceptors (Lipinski definition) is 6. The molecule has 0 aliphatic heterocycles. The standard InChI is InChI=1S/C15H15N3O3S2/c1-3-10-8(2)23-14-13(10)15(21)18(7-16-14)5-11-17-9(6-22-11)4-12(19)20/h6-7H,3-5H2,1-2H3,(H,19,20). The molecule has 0 unspecified atom stereocenters. The van der Waals surface area contributed by atoms with Crippen molar-refractivity contribution in [3.8, 4) is 0 Å². The van der Waals surface area contributed by atoms with E-state index in [2.05, 4.69) is 9.97 Å².